The van der Waals surface area contributed by atoms with E-state index in [4.69, 9.17) is 10.8 Å². The number of aryl methyl sites for hydroxylation is 1. The van der Waals surface area contributed by atoms with E-state index in [1.165, 1.54) is 12.5 Å². The molecule has 3 rings (SSSR count). The topological polar surface area (TPSA) is 155 Å². The van der Waals surface area contributed by atoms with Crippen molar-refractivity contribution in [3.8, 4) is 10.4 Å². The molecule has 2 aromatic heterocycles. The average molecular weight is 497 g/mol. The average Bonchev–Trinajstić information content (AvgIpc) is 3.54. The monoisotopic (exact) mass is 496 g/mol. The van der Waals surface area contributed by atoms with Crippen molar-refractivity contribution in [3.63, 3.8) is 0 Å². The Morgan fingerprint density at radius 1 is 1.11 bits per heavy atom. The molecular weight excluding hydrogens is 468 g/mol. The minimum Gasteiger partial charge on any atom is -0.481 e. The number of carboxylic acids is 1. The predicted molar refractivity (Wildman–Crippen MR) is 131 cm³/mol. The van der Waals surface area contributed by atoms with E-state index < -0.39 is 29.6 Å². The highest BCUT2D eigenvalue weighted by molar-refractivity contribution is 7.13. The third-order valence-electron chi connectivity index (χ3n) is 5.64. The number of carboxylic acid groups (broad SMARTS) is 1. The number of imidazole rings is 1. The highest BCUT2D eigenvalue weighted by atomic mass is 32.1. The Morgan fingerprint density at radius 3 is 2.49 bits per heavy atom. The lowest BCUT2D eigenvalue weighted by Crippen LogP contribution is -2.43. The third kappa shape index (κ3) is 8.18. The molecular formula is C25H28N4O5S. The van der Waals surface area contributed by atoms with Crippen LogP contribution >= 0.6 is 11.3 Å². The first-order valence-corrected chi connectivity index (χ1v) is 12.1. The first kappa shape index (κ1) is 25.8. The van der Waals surface area contributed by atoms with Gasteiger partial charge in [0.25, 0.3) is 0 Å². The molecule has 0 aliphatic carbocycles. The first-order valence-electron chi connectivity index (χ1n) is 11.2. The van der Waals surface area contributed by atoms with Crippen LogP contribution in [0.5, 0.6) is 0 Å². The van der Waals surface area contributed by atoms with Gasteiger partial charge in [-0.05, 0) is 35.4 Å². The van der Waals surface area contributed by atoms with Gasteiger partial charge in [-0.15, -0.1) is 11.3 Å². The molecule has 184 valence electrons. The number of rotatable bonds is 14. The van der Waals surface area contributed by atoms with Crippen LogP contribution in [0.15, 0.2) is 54.3 Å². The lowest BCUT2D eigenvalue weighted by molar-refractivity contribution is -0.138. The highest BCUT2D eigenvalue weighted by Crippen LogP contribution is 2.25. The van der Waals surface area contributed by atoms with Gasteiger partial charge in [0.1, 0.15) is 0 Å². The van der Waals surface area contributed by atoms with E-state index in [1.54, 1.807) is 11.3 Å². The number of aromatic nitrogens is 2. The number of ketones is 1. The molecule has 0 saturated heterocycles. The van der Waals surface area contributed by atoms with Gasteiger partial charge in [-0.1, -0.05) is 30.3 Å². The lowest BCUT2D eigenvalue weighted by Gasteiger charge is -2.20. The number of benzene rings is 1. The molecule has 3 aromatic rings. The summed E-state index contributed by atoms with van der Waals surface area (Å²) >= 11 is 1.65. The fourth-order valence-electron chi connectivity index (χ4n) is 3.70. The molecule has 0 bridgehead atoms. The van der Waals surface area contributed by atoms with E-state index in [2.05, 4.69) is 15.3 Å². The van der Waals surface area contributed by atoms with Gasteiger partial charge >= 0.3 is 5.97 Å². The number of H-pyrrole nitrogens is 1. The predicted octanol–water partition coefficient (Wildman–Crippen LogP) is 2.72. The summed E-state index contributed by atoms with van der Waals surface area (Å²) in [5.41, 5.74) is 8.20. The van der Waals surface area contributed by atoms with E-state index in [9.17, 15) is 19.2 Å². The fourth-order valence-corrected chi connectivity index (χ4v) is 4.44. The van der Waals surface area contributed by atoms with Crippen molar-refractivity contribution in [3.05, 3.63) is 65.6 Å². The van der Waals surface area contributed by atoms with E-state index in [0.29, 0.717) is 12.1 Å². The fraction of sp³-hybridized carbons (Fsp3) is 0.320. The van der Waals surface area contributed by atoms with Gasteiger partial charge in [-0.25, -0.2) is 4.98 Å². The molecule has 0 spiro atoms. The summed E-state index contributed by atoms with van der Waals surface area (Å²) in [7, 11) is 0. The number of carbonyl (C=O) groups is 4. The molecule has 2 atom stereocenters. The van der Waals surface area contributed by atoms with Crippen molar-refractivity contribution in [2.24, 2.45) is 11.7 Å². The molecule has 2 heterocycles. The van der Waals surface area contributed by atoms with Crippen LogP contribution in [0.4, 0.5) is 0 Å². The van der Waals surface area contributed by atoms with Gasteiger partial charge < -0.3 is 21.1 Å². The number of carbonyl (C=O) groups excluding carboxylic acids is 3. The van der Waals surface area contributed by atoms with Gasteiger partial charge in [0, 0.05) is 42.5 Å². The Balaban J connectivity index is 1.57. The van der Waals surface area contributed by atoms with Crippen LogP contribution in [-0.4, -0.2) is 44.7 Å². The lowest BCUT2D eigenvalue weighted by atomic mass is 9.92. The summed E-state index contributed by atoms with van der Waals surface area (Å²) in [4.78, 5) is 56.4. The summed E-state index contributed by atoms with van der Waals surface area (Å²) in [5.74, 6) is -3.31. The number of primary amides is 1. The zero-order valence-corrected chi connectivity index (χ0v) is 19.9. The number of aliphatic carboxylic acids is 1. The highest BCUT2D eigenvalue weighted by Gasteiger charge is 2.27. The number of nitrogens with one attached hydrogen (secondary N) is 2. The molecule has 0 fully saturated rings. The van der Waals surface area contributed by atoms with Crippen LogP contribution in [0.3, 0.4) is 0 Å². The van der Waals surface area contributed by atoms with Crippen LogP contribution in [0.25, 0.3) is 10.4 Å². The Labute approximate surface area is 206 Å². The molecule has 2 amide bonds. The summed E-state index contributed by atoms with van der Waals surface area (Å²) in [5, 5.41) is 13.7. The second-order valence-electron chi connectivity index (χ2n) is 8.28. The van der Waals surface area contributed by atoms with Gasteiger partial charge in [0.2, 0.25) is 11.8 Å². The van der Waals surface area contributed by atoms with Crippen molar-refractivity contribution in [1.29, 1.82) is 0 Å². The molecule has 9 nitrogen and oxygen atoms in total. The first-order chi connectivity index (χ1) is 16.8. The maximum absolute atomic E-state index is 12.9. The van der Waals surface area contributed by atoms with Crippen LogP contribution < -0.4 is 11.1 Å². The number of nitrogens with zero attached hydrogens (tertiary/aromatic N) is 1. The van der Waals surface area contributed by atoms with Crippen LogP contribution in [0.1, 0.15) is 36.9 Å². The normalized spacial score (nSPS) is 12.6. The number of amides is 2. The number of hydrogen-bond acceptors (Lipinski definition) is 6. The molecule has 1 aromatic carbocycles. The smallest absolute Gasteiger partial charge is 0.303 e. The Bertz CT molecular complexity index is 1130. The molecule has 0 saturated carbocycles. The van der Waals surface area contributed by atoms with Crippen molar-refractivity contribution >= 4 is 34.9 Å². The Hall–Kier alpha value is -3.79. The summed E-state index contributed by atoms with van der Waals surface area (Å²) in [6, 6.07) is 10.9. The van der Waals surface area contributed by atoms with Crippen molar-refractivity contribution in [2.45, 2.75) is 44.6 Å². The molecule has 0 radical (unpaired) electrons. The quantitative estimate of drug-likeness (QED) is 0.269. The zero-order valence-electron chi connectivity index (χ0n) is 19.1. The maximum atomic E-state index is 12.9. The van der Waals surface area contributed by atoms with Crippen LogP contribution in [0.2, 0.25) is 0 Å². The van der Waals surface area contributed by atoms with Gasteiger partial charge in [0.05, 0.1) is 18.3 Å². The Morgan fingerprint density at radius 2 is 1.89 bits per heavy atom. The standard InChI is InChI=1S/C25H28N4O5S/c26-25(34)18(12-19-14-27-15-28-19)13-21(30)20(8-10-24(32)33)29-23(31)9-5-16-3-6-17(7-4-16)22-2-1-11-35-22/h1-4,6-7,11,14-15,18,20H,5,8-10,12-13H2,(H2,26,34)(H,27,28)(H,29,31)(H,32,33)/t18-,20+/m1/s1. The van der Waals surface area contributed by atoms with Crippen LogP contribution in [-0.2, 0) is 32.0 Å². The minimum absolute atomic E-state index is 0.0645. The molecule has 0 aliphatic heterocycles. The maximum Gasteiger partial charge on any atom is 0.303 e. The Kier molecular flexibility index (Phi) is 9.31. The number of Topliss-reactive ketones (excluding diaryl/α,β-unsaturated/α-hetero) is 1. The van der Waals surface area contributed by atoms with E-state index in [0.717, 1.165) is 16.0 Å². The molecule has 0 unspecified atom stereocenters. The van der Waals surface area contributed by atoms with E-state index in [-0.39, 0.29) is 38.0 Å². The number of hydrogen-bond donors (Lipinski definition) is 4. The number of thiophene rings is 1. The summed E-state index contributed by atoms with van der Waals surface area (Å²) < 4.78 is 0. The summed E-state index contributed by atoms with van der Waals surface area (Å²) in [6.45, 7) is 0. The van der Waals surface area contributed by atoms with Gasteiger partial charge in [0.15, 0.2) is 5.78 Å². The second kappa shape index (κ2) is 12.6. The zero-order chi connectivity index (χ0) is 25.2. The SMILES string of the molecule is NC(=O)[C@@H](CC(=O)[C@H](CCC(=O)O)NC(=O)CCc1ccc(-c2cccs2)cc1)Cc1cnc[nH]1. The van der Waals surface area contributed by atoms with Crippen molar-refractivity contribution in [1.82, 2.24) is 15.3 Å². The molecule has 10 heteroatoms. The molecule has 0 aliphatic rings. The van der Waals surface area contributed by atoms with Gasteiger partial charge in [-0.3, -0.25) is 19.2 Å². The third-order valence-corrected chi connectivity index (χ3v) is 6.56. The van der Waals surface area contributed by atoms with E-state index in [1.807, 2.05) is 41.8 Å². The summed E-state index contributed by atoms with van der Waals surface area (Å²) in [6.07, 6.45) is 3.25. The van der Waals surface area contributed by atoms with Crippen molar-refractivity contribution < 1.29 is 24.3 Å². The van der Waals surface area contributed by atoms with Crippen molar-refractivity contribution in [2.75, 3.05) is 0 Å². The molecule has 35 heavy (non-hydrogen) atoms. The molecule has 5 N–H and O–H groups in total. The number of nitrogens with two attached hydrogens (primary N) is 1. The van der Waals surface area contributed by atoms with Gasteiger partial charge in [-0.2, -0.15) is 0 Å². The second-order valence-corrected chi connectivity index (χ2v) is 9.23. The minimum atomic E-state index is -1.08. The largest absolute Gasteiger partial charge is 0.481 e. The van der Waals surface area contributed by atoms with Crippen LogP contribution in [0, 0.1) is 5.92 Å². The van der Waals surface area contributed by atoms with E-state index >= 15 is 0 Å². The number of aromatic amines is 1.